The van der Waals surface area contributed by atoms with Gasteiger partial charge in [-0.2, -0.15) is 0 Å². The van der Waals surface area contributed by atoms with E-state index in [1.165, 1.54) is 6.42 Å². The smallest absolute Gasteiger partial charge is 0.224 e. The van der Waals surface area contributed by atoms with Crippen LogP contribution in [0.1, 0.15) is 46.5 Å². The first-order valence-corrected chi connectivity index (χ1v) is 10.8. The molecule has 0 spiro atoms. The zero-order valence-corrected chi connectivity index (χ0v) is 16.7. The minimum atomic E-state index is -3.08. The molecule has 1 amide bonds. The summed E-state index contributed by atoms with van der Waals surface area (Å²) in [6, 6.07) is 0.327. The number of carbonyl (C=O) groups excluding carboxylic acids is 1. The fourth-order valence-electron chi connectivity index (χ4n) is 3.55. The van der Waals surface area contributed by atoms with E-state index in [1.54, 1.807) is 20.9 Å². The summed E-state index contributed by atoms with van der Waals surface area (Å²) in [5.74, 6) is 0.976. The SMILES string of the molecule is CN=C(NCCC(=O)N1CCCCC1C)N1CCS(=O)(=O)C(C)(C)C1. The van der Waals surface area contributed by atoms with Gasteiger partial charge in [0.1, 0.15) is 0 Å². The van der Waals surface area contributed by atoms with Crippen LogP contribution in [0.2, 0.25) is 0 Å². The van der Waals surface area contributed by atoms with Gasteiger partial charge in [-0.3, -0.25) is 9.79 Å². The van der Waals surface area contributed by atoms with Crippen LogP contribution in [0, 0.1) is 0 Å². The highest BCUT2D eigenvalue weighted by molar-refractivity contribution is 7.92. The summed E-state index contributed by atoms with van der Waals surface area (Å²) < 4.78 is 23.5. The van der Waals surface area contributed by atoms with Gasteiger partial charge >= 0.3 is 0 Å². The number of nitrogens with one attached hydrogen (secondary N) is 1. The van der Waals surface area contributed by atoms with Gasteiger partial charge in [-0.05, 0) is 40.0 Å². The van der Waals surface area contributed by atoms with Crippen molar-refractivity contribution in [1.29, 1.82) is 0 Å². The Hall–Kier alpha value is -1.31. The summed E-state index contributed by atoms with van der Waals surface area (Å²) in [5.41, 5.74) is 0. The summed E-state index contributed by atoms with van der Waals surface area (Å²) in [5, 5.41) is 3.22. The molecule has 2 saturated heterocycles. The van der Waals surface area contributed by atoms with Gasteiger partial charge in [-0.25, -0.2) is 8.42 Å². The largest absolute Gasteiger partial charge is 0.356 e. The molecule has 2 heterocycles. The van der Waals surface area contributed by atoms with Gasteiger partial charge in [0.15, 0.2) is 15.8 Å². The summed E-state index contributed by atoms with van der Waals surface area (Å²) >= 11 is 0. The maximum Gasteiger partial charge on any atom is 0.224 e. The molecule has 0 aromatic carbocycles. The predicted octanol–water partition coefficient (Wildman–Crippen LogP) is 0.862. The quantitative estimate of drug-likeness (QED) is 0.587. The van der Waals surface area contributed by atoms with E-state index in [0.29, 0.717) is 38.1 Å². The van der Waals surface area contributed by atoms with Crippen LogP contribution in [0.4, 0.5) is 0 Å². The molecular formula is C17H32N4O3S. The van der Waals surface area contributed by atoms with E-state index in [4.69, 9.17) is 0 Å². The van der Waals surface area contributed by atoms with Crippen molar-refractivity contribution >= 4 is 21.7 Å². The Morgan fingerprint density at radius 1 is 1.28 bits per heavy atom. The van der Waals surface area contributed by atoms with Crippen molar-refractivity contribution in [3.8, 4) is 0 Å². The average Bonchev–Trinajstić information content (AvgIpc) is 2.54. The normalized spacial score (nSPS) is 26.4. The molecule has 0 aromatic heterocycles. The maximum atomic E-state index is 12.4. The van der Waals surface area contributed by atoms with Gasteiger partial charge in [-0.15, -0.1) is 0 Å². The average molecular weight is 373 g/mol. The number of rotatable bonds is 3. The Morgan fingerprint density at radius 3 is 2.60 bits per heavy atom. The van der Waals surface area contributed by atoms with Crippen molar-refractivity contribution in [2.75, 3.05) is 39.0 Å². The molecule has 0 aliphatic carbocycles. The van der Waals surface area contributed by atoms with Crippen LogP contribution < -0.4 is 5.32 Å². The first kappa shape index (κ1) is 20.0. The molecule has 1 unspecified atom stereocenters. The van der Waals surface area contributed by atoms with E-state index in [-0.39, 0.29) is 11.7 Å². The predicted molar refractivity (Wildman–Crippen MR) is 100 cm³/mol. The number of hydrogen-bond acceptors (Lipinski definition) is 4. The minimum absolute atomic E-state index is 0.130. The molecule has 1 atom stereocenters. The Morgan fingerprint density at radius 2 is 2.00 bits per heavy atom. The molecular weight excluding hydrogens is 340 g/mol. The third-order valence-corrected chi connectivity index (χ3v) is 7.83. The zero-order valence-electron chi connectivity index (χ0n) is 15.9. The molecule has 0 aromatic rings. The van der Waals surface area contributed by atoms with Gasteiger partial charge in [0.05, 0.1) is 10.5 Å². The second-order valence-electron chi connectivity index (χ2n) is 7.66. The first-order valence-electron chi connectivity index (χ1n) is 9.15. The van der Waals surface area contributed by atoms with Gasteiger partial charge in [0, 0.05) is 45.7 Å². The van der Waals surface area contributed by atoms with E-state index < -0.39 is 14.6 Å². The summed E-state index contributed by atoms with van der Waals surface area (Å²) in [6.45, 7) is 7.83. The van der Waals surface area contributed by atoms with Gasteiger partial charge in [0.25, 0.3) is 0 Å². The molecule has 7 nitrogen and oxygen atoms in total. The molecule has 8 heteroatoms. The van der Waals surface area contributed by atoms with E-state index in [0.717, 1.165) is 19.4 Å². The Balaban J connectivity index is 1.86. The molecule has 0 saturated carbocycles. The summed E-state index contributed by atoms with van der Waals surface area (Å²) in [4.78, 5) is 20.6. The van der Waals surface area contributed by atoms with E-state index in [2.05, 4.69) is 17.2 Å². The van der Waals surface area contributed by atoms with Crippen molar-refractivity contribution < 1.29 is 13.2 Å². The number of amides is 1. The zero-order chi connectivity index (χ0) is 18.7. The molecule has 2 aliphatic heterocycles. The highest BCUT2D eigenvalue weighted by Gasteiger charge is 2.40. The second-order valence-corrected chi connectivity index (χ2v) is 10.4. The van der Waals surface area contributed by atoms with Crippen molar-refractivity contribution in [3.05, 3.63) is 0 Å². The third-order valence-electron chi connectivity index (χ3n) is 5.30. The van der Waals surface area contributed by atoms with E-state index in [9.17, 15) is 13.2 Å². The van der Waals surface area contributed by atoms with Crippen LogP contribution in [0.5, 0.6) is 0 Å². The number of guanidine groups is 1. The number of aliphatic imine (C=N–C) groups is 1. The molecule has 144 valence electrons. The van der Waals surface area contributed by atoms with Crippen LogP contribution in [-0.2, 0) is 14.6 Å². The Kier molecular flexibility index (Phi) is 6.35. The molecule has 0 bridgehead atoms. The van der Waals surface area contributed by atoms with Crippen molar-refractivity contribution in [3.63, 3.8) is 0 Å². The summed E-state index contributed by atoms with van der Waals surface area (Å²) in [7, 11) is -1.39. The lowest BCUT2D eigenvalue weighted by Gasteiger charge is -2.39. The lowest BCUT2D eigenvalue weighted by molar-refractivity contribution is -0.134. The number of hydrogen-bond donors (Lipinski definition) is 1. The number of sulfone groups is 1. The highest BCUT2D eigenvalue weighted by atomic mass is 32.2. The molecule has 2 rings (SSSR count). The topological polar surface area (TPSA) is 82.1 Å². The molecule has 25 heavy (non-hydrogen) atoms. The monoisotopic (exact) mass is 372 g/mol. The second kappa shape index (κ2) is 7.93. The van der Waals surface area contributed by atoms with Crippen LogP contribution >= 0.6 is 0 Å². The van der Waals surface area contributed by atoms with Crippen LogP contribution in [0.15, 0.2) is 4.99 Å². The van der Waals surface area contributed by atoms with Gasteiger partial charge < -0.3 is 15.1 Å². The minimum Gasteiger partial charge on any atom is -0.356 e. The fourth-order valence-corrected chi connectivity index (χ4v) is 4.92. The van der Waals surface area contributed by atoms with E-state index in [1.807, 2.05) is 9.80 Å². The van der Waals surface area contributed by atoms with E-state index >= 15 is 0 Å². The number of carbonyl (C=O) groups is 1. The first-order chi connectivity index (χ1) is 11.7. The fraction of sp³-hybridized carbons (Fsp3) is 0.882. The van der Waals surface area contributed by atoms with Crippen molar-refractivity contribution in [2.45, 2.75) is 57.2 Å². The molecule has 0 radical (unpaired) electrons. The Labute approximate surface area is 151 Å². The van der Waals surface area contributed by atoms with Crippen molar-refractivity contribution in [1.82, 2.24) is 15.1 Å². The summed E-state index contributed by atoms with van der Waals surface area (Å²) in [6.07, 6.45) is 3.79. The van der Waals surface area contributed by atoms with Crippen LogP contribution in [-0.4, -0.2) is 79.9 Å². The van der Waals surface area contributed by atoms with Gasteiger partial charge in [0.2, 0.25) is 5.91 Å². The number of piperidine rings is 1. The standard InChI is InChI=1S/C17H32N4O3S/c1-14-7-5-6-10-21(14)15(22)8-9-19-16(18-4)20-11-12-25(23,24)17(2,3)13-20/h14H,5-13H2,1-4H3,(H,18,19). The third kappa shape index (κ3) is 4.65. The lowest BCUT2D eigenvalue weighted by atomic mass is 10.0. The Bertz CT molecular complexity index is 615. The lowest BCUT2D eigenvalue weighted by Crippen LogP contribution is -2.57. The van der Waals surface area contributed by atoms with Gasteiger partial charge in [-0.1, -0.05) is 0 Å². The number of nitrogens with zero attached hydrogens (tertiary/aromatic N) is 3. The van der Waals surface area contributed by atoms with Crippen molar-refractivity contribution in [2.24, 2.45) is 4.99 Å². The van der Waals surface area contributed by atoms with Crippen LogP contribution in [0.25, 0.3) is 0 Å². The van der Waals surface area contributed by atoms with Crippen LogP contribution in [0.3, 0.4) is 0 Å². The highest BCUT2D eigenvalue weighted by Crippen LogP contribution is 2.23. The molecule has 1 N–H and O–H groups in total. The molecule has 2 fully saturated rings. The number of likely N-dealkylation sites (tertiary alicyclic amines) is 1. The maximum absolute atomic E-state index is 12.4. The molecule has 2 aliphatic rings.